The number of nitrogens with zero attached hydrogens (tertiary/aromatic N) is 2. The molecule has 4 rings (SSSR count). The van der Waals surface area contributed by atoms with Crippen molar-refractivity contribution in [1.82, 2.24) is 9.88 Å². The van der Waals surface area contributed by atoms with Crippen LogP contribution < -0.4 is 14.8 Å². The van der Waals surface area contributed by atoms with Crippen LogP contribution in [0.1, 0.15) is 19.8 Å². The van der Waals surface area contributed by atoms with Crippen molar-refractivity contribution in [1.29, 1.82) is 0 Å². The van der Waals surface area contributed by atoms with Crippen LogP contribution in [-0.2, 0) is 9.59 Å². The summed E-state index contributed by atoms with van der Waals surface area (Å²) in [5.41, 5.74) is 1.53. The minimum atomic E-state index is -0.451. The summed E-state index contributed by atoms with van der Waals surface area (Å²) >= 11 is 3.02. The van der Waals surface area contributed by atoms with Crippen molar-refractivity contribution in [2.24, 2.45) is 0 Å². The van der Waals surface area contributed by atoms with Crippen LogP contribution in [0.4, 0.5) is 5.13 Å². The Bertz CT molecular complexity index is 932. The van der Waals surface area contributed by atoms with Gasteiger partial charge in [0, 0.05) is 29.2 Å². The maximum Gasteiger partial charge on any atom is 0.249 e. The molecular formula is C19H21N3O4S2. The minimum Gasteiger partial charge on any atom is -0.497 e. The summed E-state index contributed by atoms with van der Waals surface area (Å²) in [6.45, 7) is 2.04. The molecule has 0 unspecified atom stereocenters. The highest BCUT2D eigenvalue weighted by Gasteiger charge is 2.52. The number of carbonyl (C=O) groups is 2. The standard InChI is InChI=1S/C19H21N3O4S2/c1-19-7-6-16(23)22(19)14(10-28-19)17(24)21-18-20-13(9-27-18)12-5-4-11(25-2)8-15(12)26-3/h4-5,8-9,14H,6-7,10H2,1-3H3,(H,20,21,24)/t14-,19+/m0/s1. The molecule has 0 bridgehead atoms. The smallest absolute Gasteiger partial charge is 0.249 e. The fraction of sp³-hybridized carbons (Fsp3) is 0.421. The van der Waals surface area contributed by atoms with E-state index in [1.807, 2.05) is 24.4 Å². The summed E-state index contributed by atoms with van der Waals surface area (Å²) in [5.74, 6) is 1.82. The summed E-state index contributed by atoms with van der Waals surface area (Å²) in [4.78, 5) is 31.1. The monoisotopic (exact) mass is 419 g/mol. The highest BCUT2D eigenvalue weighted by molar-refractivity contribution is 8.01. The molecule has 2 amide bonds. The van der Waals surface area contributed by atoms with Crippen LogP contribution in [0, 0.1) is 0 Å². The Kier molecular flexibility index (Phi) is 4.96. The average Bonchev–Trinajstić information content (AvgIpc) is 3.37. The van der Waals surface area contributed by atoms with E-state index in [1.54, 1.807) is 36.9 Å². The first-order chi connectivity index (χ1) is 13.4. The molecule has 2 aliphatic rings. The van der Waals surface area contributed by atoms with Crippen LogP contribution in [0.3, 0.4) is 0 Å². The lowest BCUT2D eigenvalue weighted by Gasteiger charge is -2.29. The highest BCUT2D eigenvalue weighted by atomic mass is 32.2. The number of aromatic nitrogens is 1. The Balaban J connectivity index is 1.51. The fourth-order valence-electron chi connectivity index (χ4n) is 3.67. The van der Waals surface area contributed by atoms with E-state index in [1.165, 1.54) is 11.3 Å². The van der Waals surface area contributed by atoms with Crippen LogP contribution in [0.15, 0.2) is 23.6 Å². The van der Waals surface area contributed by atoms with E-state index in [0.29, 0.717) is 34.5 Å². The van der Waals surface area contributed by atoms with Crippen LogP contribution in [0.2, 0.25) is 0 Å². The van der Waals surface area contributed by atoms with Gasteiger partial charge in [0.05, 0.1) is 24.8 Å². The number of amides is 2. The van der Waals surface area contributed by atoms with E-state index in [4.69, 9.17) is 9.47 Å². The quantitative estimate of drug-likeness (QED) is 0.802. The van der Waals surface area contributed by atoms with Gasteiger partial charge >= 0.3 is 0 Å². The average molecular weight is 420 g/mol. The van der Waals surface area contributed by atoms with Crippen molar-refractivity contribution in [3.05, 3.63) is 23.6 Å². The number of benzene rings is 1. The molecule has 7 nitrogen and oxygen atoms in total. The molecule has 0 aliphatic carbocycles. The second kappa shape index (κ2) is 7.29. The van der Waals surface area contributed by atoms with Gasteiger partial charge in [-0.25, -0.2) is 4.98 Å². The number of methoxy groups -OCH3 is 2. The van der Waals surface area contributed by atoms with Crippen LogP contribution in [-0.4, -0.2) is 52.6 Å². The second-order valence-electron chi connectivity index (χ2n) is 6.86. The molecule has 2 saturated heterocycles. The number of nitrogens with one attached hydrogen (secondary N) is 1. The van der Waals surface area contributed by atoms with E-state index in [2.05, 4.69) is 10.3 Å². The van der Waals surface area contributed by atoms with Crippen molar-refractivity contribution >= 4 is 40.0 Å². The van der Waals surface area contributed by atoms with Crippen molar-refractivity contribution in [3.63, 3.8) is 0 Å². The molecule has 1 aromatic carbocycles. The number of anilines is 1. The maximum atomic E-state index is 12.8. The summed E-state index contributed by atoms with van der Waals surface area (Å²) in [6.07, 6.45) is 1.30. The summed E-state index contributed by atoms with van der Waals surface area (Å²) in [5, 5.41) is 5.25. The van der Waals surface area contributed by atoms with Crippen LogP contribution in [0.25, 0.3) is 11.3 Å². The number of thioether (sulfide) groups is 1. The molecule has 148 valence electrons. The highest BCUT2D eigenvalue weighted by Crippen LogP contribution is 2.47. The number of thiazole rings is 1. The Morgan fingerprint density at radius 2 is 2.18 bits per heavy atom. The normalized spacial score (nSPS) is 23.6. The molecule has 2 aromatic rings. The van der Waals surface area contributed by atoms with Gasteiger partial charge in [0.2, 0.25) is 11.8 Å². The van der Waals surface area contributed by atoms with Gasteiger partial charge in [-0.15, -0.1) is 23.1 Å². The molecule has 2 atom stereocenters. The molecule has 2 aliphatic heterocycles. The predicted molar refractivity (Wildman–Crippen MR) is 110 cm³/mol. The molecular weight excluding hydrogens is 398 g/mol. The number of ether oxygens (including phenoxy) is 2. The van der Waals surface area contributed by atoms with E-state index >= 15 is 0 Å². The second-order valence-corrected chi connectivity index (χ2v) is 9.22. The Morgan fingerprint density at radius 1 is 1.36 bits per heavy atom. The molecule has 0 radical (unpaired) electrons. The van der Waals surface area contributed by atoms with Crippen LogP contribution >= 0.6 is 23.1 Å². The number of fused-ring (bicyclic) bond motifs is 1. The zero-order chi connectivity index (χ0) is 19.9. The SMILES string of the molecule is COc1ccc(-c2csc(NC(=O)[C@@H]3CS[C@]4(C)CCC(=O)N34)n2)c(OC)c1. The lowest BCUT2D eigenvalue weighted by molar-refractivity contribution is -0.135. The third-order valence-electron chi connectivity index (χ3n) is 5.17. The predicted octanol–water partition coefficient (Wildman–Crippen LogP) is 3.22. The number of hydrogen-bond acceptors (Lipinski definition) is 7. The zero-order valence-corrected chi connectivity index (χ0v) is 17.5. The van der Waals surface area contributed by atoms with Gasteiger partial charge in [0.25, 0.3) is 0 Å². The number of carbonyl (C=O) groups excluding carboxylic acids is 2. The van der Waals surface area contributed by atoms with E-state index in [-0.39, 0.29) is 16.7 Å². The third-order valence-corrected chi connectivity index (χ3v) is 7.43. The largest absolute Gasteiger partial charge is 0.497 e. The van der Waals surface area contributed by atoms with Gasteiger partial charge in [-0.3, -0.25) is 9.59 Å². The Morgan fingerprint density at radius 3 is 2.93 bits per heavy atom. The molecule has 2 fully saturated rings. The molecule has 28 heavy (non-hydrogen) atoms. The van der Waals surface area contributed by atoms with Crippen molar-refractivity contribution in [2.75, 3.05) is 25.3 Å². The van der Waals surface area contributed by atoms with E-state index in [9.17, 15) is 9.59 Å². The fourth-order valence-corrected chi connectivity index (χ4v) is 5.81. The van der Waals surface area contributed by atoms with Crippen LogP contribution in [0.5, 0.6) is 11.5 Å². The maximum absolute atomic E-state index is 12.8. The van der Waals surface area contributed by atoms with Gasteiger partial charge in [0.1, 0.15) is 17.5 Å². The summed E-state index contributed by atoms with van der Waals surface area (Å²) in [7, 11) is 3.19. The van der Waals surface area contributed by atoms with Gasteiger partial charge in [-0.2, -0.15) is 0 Å². The topological polar surface area (TPSA) is 80.8 Å². The minimum absolute atomic E-state index is 0.0513. The van der Waals surface area contributed by atoms with Gasteiger partial charge < -0.3 is 19.7 Å². The van der Waals surface area contributed by atoms with Crippen molar-refractivity contribution in [2.45, 2.75) is 30.7 Å². The lowest BCUT2D eigenvalue weighted by Crippen LogP contribution is -2.48. The molecule has 1 N–H and O–H groups in total. The lowest BCUT2D eigenvalue weighted by atomic mass is 10.1. The van der Waals surface area contributed by atoms with E-state index < -0.39 is 6.04 Å². The Labute approximate surface area is 171 Å². The number of rotatable bonds is 5. The summed E-state index contributed by atoms with van der Waals surface area (Å²) < 4.78 is 10.7. The van der Waals surface area contributed by atoms with Gasteiger partial charge in [-0.1, -0.05) is 0 Å². The molecule has 1 aromatic heterocycles. The third kappa shape index (κ3) is 3.22. The first-order valence-electron chi connectivity index (χ1n) is 8.90. The Hall–Kier alpha value is -2.26. The molecule has 9 heteroatoms. The first kappa shape index (κ1) is 19.1. The first-order valence-corrected chi connectivity index (χ1v) is 10.8. The molecule has 3 heterocycles. The molecule has 0 saturated carbocycles. The zero-order valence-electron chi connectivity index (χ0n) is 15.9. The van der Waals surface area contributed by atoms with Gasteiger partial charge in [0.15, 0.2) is 5.13 Å². The summed E-state index contributed by atoms with van der Waals surface area (Å²) in [6, 6.07) is 5.06. The van der Waals surface area contributed by atoms with Crippen molar-refractivity contribution < 1.29 is 19.1 Å². The number of hydrogen-bond donors (Lipinski definition) is 1. The van der Waals surface area contributed by atoms with Gasteiger partial charge in [-0.05, 0) is 25.5 Å². The van der Waals surface area contributed by atoms with Crippen molar-refractivity contribution in [3.8, 4) is 22.8 Å². The molecule has 0 spiro atoms. The van der Waals surface area contributed by atoms with E-state index in [0.717, 1.165) is 12.0 Å².